The molecule has 0 saturated carbocycles. The maximum absolute atomic E-state index is 12.7. The lowest BCUT2D eigenvalue weighted by molar-refractivity contribution is -0.152. The van der Waals surface area contributed by atoms with Crippen LogP contribution in [0.25, 0.3) is 0 Å². The van der Waals surface area contributed by atoms with Crippen molar-refractivity contribution in [2.24, 2.45) is 0 Å². The van der Waals surface area contributed by atoms with Gasteiger partial charge in [0.2, 0.25) is 0 Å². The van der Waals surface area contributed by atoms with Crippen LogP contribution in [-0.4, -0.2) is 22.5 Å². The van der Waals surface area contributed by atoms with Crippen molar-refractivity contribution in [3.8, 4) is 5.75 Å². The molecule has 0 aliphatic carbocycles. The van der Waals surface area contributed by atoms with Crippen LogP contribution in [0.15, 0.2) is 36.4 Å². The minimum atomic E-state index is -1.30. The van der Waals surface area contributed by atoms with Gasteiger partial charge in [-0.3, -0.25) is 4.79 Å². The van der Waals surface area contributed by atoms with Gasteiger partial charge in [0.05, 0.1) is 0 Å². The number of aryl methyl sites for hydroxylation is 4. The van der Waals surface area contributed by atoms with Gasteiger partial charge in [0.25, 0.3) is 0 Å². The summed E-state index contributed by atoms with van der Waals surface area (Å²) in [6, 6.07) is 12.0. The number of rotatable bonds is 13. The van der Waals surface area contributed by atoms with Crippen LogP contribution in [-0.2, 0) is 17.6 Å². The summed E-state index contributed by atoms with van der Waals surface area (Å²) in [6.07, 6.45) is 8.50. The molecule has 4 nitrogen and oxygen atoms in total. The van der Waals surface area contributed by atoms with Crippen molar-refractivity contribution in [1.82, 2.24) is 0 Å². The number of carboxylic acids is 1. The predicted octanol–water partition coefficient (Wildman–Crippen LogP) is 6.87. The SMILES string of the molecule is CCCCCCCc1ccc(C(=O)CCc2cc(C)c(OC(C)(C)C(=O)O)c(C)c2)cc1. The minimum absolute atomic E-state index is 0.141. The zero-order valence-corrected chi connectivity index (χ0v) is 20.3. The molecule has 0 heterocycles. The van der Waals surface area contributed by atoms with Crippen molar-refractivity contribution in [3.63, 3.8) is 0 Å². The van der Waals surface area contributed by atoms with E-state index in [2.05, 4.69) is 19.1 Å². The molecule has 0 aliphatic heterocycles. The fourth-order valence-corrected chi connectivity index (χ4v) is 3.84. The number of carbonyl (C=O) groups is 2. The minimum Gasteiger partial charge on any atom is -0.478 e. The molecule has 32 heavy (non-hydrogen) atoms. The topological polar surface area (TPSA) is 63.6 Å². The average molecular weight is 439 g/mol. The van der Waals surface area contributed by atoms with Crippen LogP contribution in [0.3, 0.4) is 0 Å². The van der Waals surface area contributed by atoms with Gasteiger partial charge in [-0.15, -0.1) is 0 Å². The molecule has 0 unspecified atom stereocenters. The summed E-state index contributed by atoms with van der Waals surface area (Å²) in [6.45, 7) is 9.13. The van der Waals surface area contributed by atoms with Crippen LogP contribution in [0, 0.1) is 13.8 Å². The number of carboxylic acid groups (broad SMARTS) is 1. The van der Waals surface area contributed by atoms with Crippen molar-refractivity contribution in [2.45, 2.75) is 91.6 Å². The first-order valence-electron chi connectivity index (χ1n) is 11.8. The third kappa shape index (κ3) is 7.51. The molecule has 0 aliphatic rings. The number of benzene rings is 2. The van der Waals surface area contributed by atoms with Crippen molar-refractivity contribution >= 4 is 11.8 Å². The molecule has 0 bridgehead atoms. The van der Waals surface area contributed by atoms with E-state index in [9.17, 15) is 14.7 Å². The summed E-state index contributed by atoms with van der Waals surface area (Å²) in [5.74, 6) is -0.270. The summed E-state index contributed by atoms with van der Waals surface area (Å²) >= 11 is 0. The first-order valence-corrected chi connectivity index (χ1v) is 11.8. The number of carbonyl (C=O) groups excluding carboxylic acids is 1. The Labute approximate surface area is 193 Å². The molecule has 0 atom stereocenters. The van der Waals surface area contributed by atoms with E-state index in [1.54, 1.807) is 13.8 Å². The van der Waals surface area contributed by atoms with Gasteiger partial charge in [-0.1, -0.05) is 69.0 Å². The van der Waals surface area contributed by atoms with E-state index >= 15 is 0 Å². The van der Waals surface area contributed by atoms with Crippen molar-refractivity contribution in [1.29, 1.82) is 0 Å². The summed E-state index contributed by atoms with van der Waals surface area (Å²) < 4.78 is 5.77. The maximum Gasteiger partial charge on any atom is 0.347 e. The number of hydrogen-bond donors (Lipinski definition) is 1. The molecule has 2 rings (SSSR count). The fraction of sp³-hybridized carbons (Fsp3) is 0.500. The van der Waals surface area contributed by atoms with Crippen LogP contribution in [0.2, 0.25) is 0 Å². The third-order valence-electron chi connectivity index (χ3n) is 5.88. The molecule has 2 aromatic carbocycles. The Hall–Kier alpha value is -2.62. The molecule has 0 saturated heterocycles. The highest BCUT2D eigenvalue weighted by Crippen LogP contribution is 2.29. The highest BCUT2D eigenvalue weighted by molar-refractivity contribution is 5.96. The molecule has 2 aromatic rings. The summed E-state index contributed by atoms with van der Waals surface area (Å²) in [5.41, 5.74) is 3.57. The molecule has 0 radical (unpaired) electrons. The second-order valence-electron chi connectivity index (χ2n) is 9.26. The lowest BCUT2D eigenvalue weighted by Gasteiger charge is -2.24. The van der Waals surface area contributed by atoms with Gasteiger partial charge in [0.15, 0.2) is 11.4 Å². The predicted molar refractivity (Wildman–Crippen MR) is 130 cm³/mol. The highest BCUT2D eigenvalue weighted by atomic mass is 16.5. The Morgan fingerprint density at radius 2 is 1.47 bits per heavy atom. The molecule has 0 spiro atoms. The van der Waals surface area contributed by atoms with Gasteiger partial charge in [-0.05, 0) is 69.2 Å². The van der Waals surface area contributed by atoms with E-state index in [0.29, 0.717) is 18.6 Å². The number of unbranched alkanes of at least 4 members (excludes halogenated alkanes) is 4. The number of ketones is 1. The normalized spacial score (nSPS) is 11.4. The van der Waals surface area contributed by atoms with Gasteiger partial charge in [0.1, 0.15) is 5.75 Å². The van der Waals surface area contributed by atoms with E-state index in [1.807, 2.05) is 38.1 Å². The van der Waals surface area contributed by atoms with E-state index in [4.69, 9.17) is 4.74 Å². The molecular weight excluding hydrogens is 400 g/mol. The van der Waals surface area contributed by atoms with Gasteiger partial charge in [-0.25, -0.2) is 4.79 Å². The Morgan fingerprint density at radius 1 is 0.875 bits per heavy atom. The lowest BCUT2D eigenvalue weighted by Crippen LogP contribution is -2.38. The Bertz CT molecular complexity index is 887. The Kier molecular flexibility index (Phi) is 9.49. The van der Waals surface area contributed by atoms with Gasteiger partial charge < -0.3 is 9.84 Å². The molecule has 1 N–H and O–H groups in total. The third-order valence-corrected chi connectivity index (χ3v) is 5.88. The quantitative estimate of drug-likeness (QED) is 0.274. The monoisotopic (exact) mass is 438 g/mol. The number of ether oxygens (including phenoxy) is 1. The number of hydrogen-bond acceptors (Lipinski definition) is 3. The molecule has 0 amide bonds. The van der Waals surface area contributed by atoms with Crippen LogP contribution >= 0.6 is 0 Å². The summed E-state index contributed by atoms with van der Waals surface area (Å²) in [7, 11) is 0. The van der Waals surface area contributed by atoms with Crippen LogP contribution in [0.1, 0.15) is 91.9 Å². The summed E-state index contributed by atoms with van der Waals surface area (Å²) in [5, 5.41) is 9.32. The maximum atomic E-state index is 12.7. The van der Waals surface area contributed by atoms with E-state index < -0.39 is 11.6 Å². The molecule has 0 aromatic heterocycles. The molecule has 4 heteroatoms. The Morgan fingerprint density at radius 3 is 2.03 bits per heavy atom. The van der Waals surface area contributed by atoms with Crippen molar-refractivity contribution in [3.05, 3.63) is 64.2 Å². The van der Waals surface area contributed by atoms with Gasteiger partial charge in [-0.2, -0.15) is 0 Å². The highest BCUT2D eigenvalue weighted by Gasteiger charge is 2.30. The van der Waals surface area contributed by atoms with Crippen LogP contribution in [0.4, 0.5) is 0 Å². The lowest BCUT2D eigenvalue weighted by atomic mass is 9.97. The van der Waals surface area contributed by atoms with Gasteiger partial charge >= 0.3 is 5.97 Å². The number of Topliss-reactive ketones (excluding diaryl/α,β-unsaturated/α-hetero) is 1. The molecule has 0 fully saturated rings. The van der Waals surface area contributed by atoms with Crippen molar-refractivity contribution in [2.75, 3.05) is 0 Å². The van der Waals surface area contributed by atoms with Gasteiger partial charge in [0, 0.05) is 12.0 Å². The standard InChI is InChI=1S/C28H38O4/c1-6-7-8-9-10-11-22-12-15-24(16-13-22)25(29)17-14-23-18-20(2)26(21(3)19-23)32-28(4,5)27(30)31/h12-13,15-16,18-19H,6-11,14,17H2,1-5H3,(H,30,31). The molecule has 174 valence electrons. The second-order valence-corrected chi connectivity index (χ2v) is 9.26. The zero-order valence-electron chi connectivity index (χ0n) is 20.3. The average Bonchev–Trinajstić information content (AvgIpc) is 2.75. The fourth-order valence-electron chi connectivity index (χ4n) is 3.84. The van der Waals surface area contributed by atoms with E-state index in [-0.39, 0.29) is 5.78 Å². The first-order chi connectivity index (χ1) is 15.1. The largest absolute Gasteiger partial charge is 0.478 e. The van der Waals surface area contributed by atoms with Crippen molar-refractivity contribution < 1.29 is 19.4 Å². The number of aliphatic carboxylic acids is 1. The second kappa shape index (κ2) is 11.8. The summed E-state index contributed by atoms with van der Waals surface area (Å²) in [4.78, 5) is 24.0. The zero-order chi connectivity index (χ0) is 23.7. The van der Waals surface area contributed by atoms with Crippen LogP contribution < -0.4 is 4.74 Å². The Balaban J connectivity index is 1.93. The van der Waals surface area contributed by atoms with Crippen LogP contribution in [0.5, 0.6) is 5.75 Å². The van der Waals surface area contributed by atoms with E-state index in [0.717, 1.165) is 28.7 Å². The first kappa shape index (κ1) is 25.6. The smallest absolute Gasteiger partial charge is 0.347 e. The molecular formula is C28H38O4. The van der Waals surface area contributed by atoms with E-state index in [1.165, 1.54) is 37.7 Å².